The molecule has 1 aliphatic heterocycles. The zero-order valence-corrected chi connectivity index (χ0v) is 14.5. The van der Waals surface area contributed by atoms with Crippen LogP contribution in [0.5, 0.6) is 0 Å². The third-order valence-electron chi connectivity index (χ3n) is 5.12. The molecular weight excluding hydrogens is 298 g/mol. The van der Waals surface area contributed by atoms with Crippen molar-refractivity contribution in [3.05, 3.63) is 0 Å². The molecule has 6 nitrogen and oxygen atoms in total. The molecule has 0 radical (unpaired) electrons. The maximum Gasteiger partial charge on any atom is 0.331 e. The number of amides is 1. The maximum atomic E-state index is 12.7. The Balaban J connectivity index is 1.92. The number of likely N-dealkylation sites (N-methyl/N-ethyl adjacent to an activating group) is 1. The molecule has 6 heteroatoms. The van der Waals surface area contributed by atoms with Crippen LogP contribution in [-0.2, 0) is 23.8 Å². The topological polar surface area (TPSA) is 65.1 Å². The molecule has 1 amide bonds. The average Bonchev–Trinajstić information content (AvgIpc) is 3.09. The zero-order valence-electron chi connectivity index (χ0n) is 14.5. The lowest BCUT2D eigenvalue weighted by Gasteiger charge is -2.37. The van der Waals surface area contributed by atoms with Crippen LogP contribution in [0.25, 0.3) is 0 Å². The third kappa shape index (κ3) is 4.04. The van der Waals surface area contributed by atoms with E-state index in [4.69, 9.17) is 14.2 Å². The van der Waals surface area contributed by atoms with E-state index >= 15 is 0 Å². The monoisotopic (exact) mass is 327 g/mol. The predicted octanol–water partition coefficient (Wildman–Crippen LogP) is 1.90. The van der Waals surface area contributed by atoms with Crippen LogP contribution < -0.4 is 0 Å². The zero-order chi connectivity index (χ0) is 16.9. The summed E-state index contributed by atoms with van der Waals surface area (Å²) in [6, 6.07) is 0. The number of rotatable bonds is 6. The Kier molecular flexibility index (Phi) is 6.41. The van der Waals surface area contributed by atoms with Gasteiger partial charge in [-0.3, -0.25) is 4.79 Å². The van der Waals surface area contributed by atoms with E-state index in [1.807, 2.05) is 0 Å². The fourth-order valence-electron chi connectivity index (χ4n) is 3.57. The predicted molar refractivity (Wildman–Crippen MR) is 85.0 cm³/mol. The molecule has 0 aromatic heterocycles. The first-order chi connectivity index (χ1) is 11.0. The van der Waals surface area contributed by atoms with Crippen molar-refractivity contribution in [1.29, 1.82) is 0 Å². The summed E-state index contributed by atoms with van der Waals surface area (Å²) in [6.45, 7) is 2.93. The van der Waals surface area contributed by atoms with Crippen molar-refractivity contribution in [2.24, 2.45) is 0 Å². The van der Waals surface area contributed by atoms with E-state index in [0.717, 1.165) is 38.7 Å². The summed E-state index contributed by atoms with van der Waals surface area (Å²) in [5.74, 6) is -0.498. The van der Waals surface area contributed by atoms with Gasteiger partial charge in [0, 0.05) is 13.7 Å². The van der Waals surface area contributed by atoms with Gasteiger partial charge >= 0.3 is 5.97 Å². The number of hydrogen-bond acceptors (Lipinski definition) is 5. The molecule has 0 aromatic carbocycles. The van der Waals surface area contributed by atoms with Crippen molar-refractivity contribution < 1.29 is 23.8 Å². The number of hydrogen-bond donors (Lipinski definition) is 0. The summed E-state index contributed by atoms with van der Waals surface area (Å²) in [5, 5.41) is 0. The van der Waals surface area contributed by atoms with Gasteiger partial charge in [-0.1, -0.05) is 12.8 Å². The molecule has 1 aliphatic carbocycles. The Morgan fingerprint density at radius 2 is 1.96 bits per heavy atom. The summed E-state index contributed by atoms with van der Waals surface area (Å²) in [5.41, 5.74) is -0.829. The Morgan fingerprint density at radius 3 is 2.52 bits per heavy atom. The number of carbonyl (C=O) groups is 2. The highest BCUT2D eigenvalue weighted by Gasteiger charge is 2.48. The molecule has 1 saturated carbocycles. The Hall–Kier alpha value is -1.14. The first-order valence-corrected chi connectivity index (χ1v) is 8.60. The minimum atomic E-state index is -0.829. The minimum absolute atomic E-state index is 0.0744. The second-order valence-electron chi connectivity index (χ2n) is 6.59. The van der Waals surface area contributed by atoms with E-state index in [2.05, 4.69) is 0 Å². The fourth-order valence-corrected chi connectivity index (χ4v) is 3.57. The molecule has 2 atom stereocenters. The van der Waals surface area contributed by atoms with Gasteiger partial charge in [-0.15, -0.1) is 0 Å². The minimum Gasteiger partial charge on any atom is -0.467 e. The second kappa shape index (κ2) is 8.11. The van der Waals surface area contributed by atoms with Gasteiger partial charge in [0.2, 0.25) is 0 Å². The van der Waals surface area contributed by atoms with Crippen LogP contribution in [0.3, 0.4) is 0 Å². The number of ether oxygens (including phenoxy) is 3. The lowest BCUT2D eigenvalue weighted by molar-refractivity contribution is -0.165. The quantitative estimate of drug-likeness (QED) is 0.697. The Bertz CT molecular complexity index is 413. The van der Waals surface area contributed by atoms with Crippen LogP contribution in [-0.4, -0.2) is 61.9 Å². The lowest BCUT2D eigenvalue weighted by atomic mass is 9.95. The summed E-state index contributed by atoms with van der Waals surface area (Å²) in [6.07, 6.45) is 5.86. The number of carbonyl (C=O) groups excluding carboxylic acids is 2. The van der Waals surface area contributed by atoms with Crippen LogP contribution >= 0.6 is 0 Å². The highest BCUT2D eigenvalue weighted by molar-refractivity contribution is 5.90. The van der Waals surface area contributed by atoms with Crippen LogP contribution in [0, 0.1) is 0 Å². The van der Waals surface area contributed by atoms with Crippen molar-refractivity contribution >= 4 is 11.9 Å². The van der Waals surface area contributed by atoms with Crippen LogP contribution in [0.1, 0.15) is 51.9 Å². The number of methoxy groups -OCH3 is 1. The molecule has 0 N–H and O–H groups in total. The summed E-state index contributed by atoms with van der Waals surface area (Å²) in [4.78, 5) is 26.5. The molecule has 1 heterocycles. The average molecular weight is 327 g/mol. The maximum absolute atomic E-state index is 12.7. The van der Waals surface area contributed by atoms with Gasteiger partial charge < -0.3 is 19.1 Å². The molecule has 23 heavy (non-hydrogen) atoms. The molecule has 1 saturated heterocycles. The van der Waals surface area contributed by atoms with Gasteiger partial charge in [-0.05, 0) is 39.0 Å². The van der Waals surface area contributed by atoms with E-state index in [0.29, 0.717) is 19.4 Å². The first kappa shape index (κ1) is 18.2. The van der Waals surface area contributed by atoms with Crippen molar-refractivity contribution in [1.82, 2.24) is 4.90 Å². The molecular formula is C17H29NO5. The Labute approximate surface area is 138 Å². The van der Waals surface area contributed by atoms with Gasteiger partial charge in [0.25, 0.3) is 5.91 Å². The molecule has 2 unspecified atom stereocenters. The lowest BCUT2D eigenvalue weighted by Crippen LogP contribution is -2.56. The summed E-state index contributed by atoms with van der Waals surface area (Å²) < 4.78 is 16.3. The van der Waals surface area contributed by atoms with Gasteiger partial charge in [-0.25, -0.2) is 4.79 Å². The SMILES string of the molecule is COC(=O)C1(N(C)C(=O)C(C)OCC2CCCCO2)CCCC1. The molecule has 0 aromatic rings. The van der Waals surface area contributed by atoms with E-state index in [-0.39, 0.29) is 18.0 Å². The van der Waals surface area contributed by atoms with Crippen molar-refractivity contribution in [3.63, 3.8) is 0 Å². The van der Waals surface area contributed by atoms with Crippen molar-refractivity contribution in [3.8, 4) is 0 Å². The van der Waals surface area contributed by atoms with Crippen LogP contribution in [0.2, 0.25) is 0 Å². The first-order valence-electron chi connectivity index (χ1n) is 8.60. The smallest absolute Gasteiger partial charge is 0.331 e. The second-order valence-corrected chi connectivity index (χ2v) is 6.59. The summed E-state index contributed by atoms with van der Waals surface area (Å²) in [7, 11) is 3.06. The molecule has 2 aliphatic rings. The number of nitrogens with zero attached hydrogens (tertiary/aromatic N) is 1. The van der Waals surface area contributed by atoms with Gasteiger partial charge in [0.1, 0.15) is 11.6 Å². The van der Waals surface area contributed by atoms with E-state index in [1.165, 1.54) is 12.0 Å². The Morgan fingerprint density at radius 1 is 1.26 bits per heavy atom. The molecule has 0 spiro atoms. The van der Waals surface area contributed by atoms with Crippen LogP contribution in [0.15, 0.2) is 0 Å². The van der Waals surface area contributed by atoms with Gasteiger partial charge in [0.05, 0.1) is 19.8 Å². The van der Waals surface area contributed by atoms with E-state index in [1.54, 1.807) is 14.0 Å². The summed E-state index contributed by atoms with van der Waals surface area (Å²) >= 11 is 0. The van der Waals surface area contributed by atoms with Gasteiger partial charge in [0.15, 0.2) is 0 Å². The highest BCUT2D eigenvalue weighted by atomic mass is 16.5. The van der Waals surface area contributed by atoms with Crippen molar-refractivity contribution in [2.75, 3.05) is 27.4 Å². The number of esters is 1. The molecule has 0 bridgehead atoms. The third-order valence-corrected chi connectivity index (χ3v) is 5.12. The molecule has 132 valence electrons. The van der Waals surface area contributed by atoms with E-state index in [9.17, 15) is 9.59 Å². The normalized spacial score (nSPS) is 24.9. The molecule has 2 fully saturated rings. The fraction of sp³-hybridized carbons (Fsp3) is 0.882. The largest absolute Gasteiger partial charge is 0.467 e. The van der Waals surface area contributed by atoms with Crippen molar-refractivity contribution in [2.45, 2.75) is 69.6 Å². The molecule has 2 rings (SSSR count). The van der Waals surface area contributed by atoms with E-state index < -0.39 is 11.6 Å². The highest BCUT2D eigenvalue weighted by Crippen LogP contribution is 2.36. The van der Waals surface area contributed by atoms with Crippen LogP contribution in [0.4, 0.5) is 0 Å². The van der Waals surface area contributed by atoms with Gasteiger partial charge in [-0.2, -0.15) is 0 Å². The standard InChI is InChI=1S/C17H29NO5/c1-13(23-12-14-8-4-7-11-22-14)15(19)18(2)17(16(20)21-3)9-5-6-10-17/h13-14H,4-12H2,1-3H3.